The van der Waals surface area contributed by atoms with E-state index in [1.54, 1.807) is 36.0 Å². The Balaban J connectivity index is 1.64. The summed E-state index contributed by atoms with van der Waals surface area (Å²) in [5, 5.41) is 23.7. The molecular formula is C26H33N7O5. The Bertz CT molecular complexity index is 1270. The predicted octanol–water partition coefficient (Wildman–Crippen LogP) is 1.82. The molecular weight excluding hydrogens is 490 g/mol. The molecule has 1 saturated heterocycles. The first-order valence-electron chi connectivity index (χ1n) is 12.6. The van der Waals surface area contributed by atoms with Gasteiger partial charge in [-0.1, -0.05) is 0 Å². The number of carbonyl (C=O) groups excluding carboxylic acids is 1. The van der Waals surface area contributed by atoms with E-state index in [-0.39, 0.29) is 19.3 Å². The zero-order chi connectivity index (χ0) is 27.1. The Morgan fingerprint density at radius 1 is 1.34 bits per heavy atom. The van der Waals surface area contributed by atoms with Crippen LogP contribution in [0.4, 0.5) is 5.82 Å². The maximum Gasteiger partial charge on any atom is 0.336 e. The molecule has 0 spiro atoms. The van der Waals surface area contributed by atoms with Crippen LogP contribution in [0.2, 0.25) is 0 Å². The molecule has 3 aromatic heterocycles. The van der Waals surface area contributed by atoms with Gasteiger partial charge in [0, 0.05) is 37.6 Å². The second kappa shape index (κ2) is 12.7. The lowest BCUT2D eigenvalue weighted by Crippen LogP contribution is -2.37. The molecule has 3 aromatic rings. The number of nitrogens with one attached hydrogen (secondary N) is 1. The summed E-state index contributed by atoms with van der Waals surface area (Å²) in [6, 6.07) is 7.35. The van der Waals surface area contributed by atoms with Crippen LogP contribution in [-0.2, 0) is 19.0 Å². The van der Waals surface area contributed by atoms with Crippen molar-refractivity contribution in [3.05, 3.63) is 41.9 Å². The third-order valence-corrected chi connectivity index (χ3v) is 6.13. The number of anilines is 1. The number of ether oxygens (including phenoxy) is 3. The quantitative estimate of drug-likeness (QED) is 0.355. The Kier molecular flexibility index (Phi) is 9.19. The maximum absolute atomic E-state index is 12.4. The molecule has 0 saturated carbocycles. The summed E-state index contributed by atoms with van der Waals surface area (Å²) < 4.78 is 18.2. The summed E-state index contributed by atoms with van der Waals surface area (Å²) in [5.74, 6) is 0.584. The SMILES string of the molecule is CCOC(=O)C(CN(C)C)OCC(O)c1cc2ncn(-c3ccc(C#N)cn3)c2nc1NC1CCOCC1. The number of fused-ring (bicyclic) bond motifs is 1. The molecule has 0 amide bonds. The van der Waals surface area contributed by atoms with Crippen LogP contribution in [0.1, 0.15) is 37.0 Å². The molecule has 202 valence electrons. The van der Waals surface area contributed by atoms with Crippen molar-refractivity contribution >= 4 is 23.0 Å². The van der Waals surface area contributed by atoms with Crippen molar-refractivity contribution < 1.29 is 24.1 Å². The number of hydrogen-bond donors (Lipinski definition) is 2. The molecule has 2 unspecified atom stereocenters. The van der Waals surface area contributed by atoms with Gasteiger partial charge in [-0.05, 0) is 52.1 Å². The Labute approximate surface area is 221 Å². The number of rotatable bonds is 11. The molecule has 2 N–H and O–H groups in total. The maximum atomic E-state index is 12.4. The second-order valence-corrected chi connectivity index (χ2v) is 9.28. The van der Waals surface area contributed by atoms with E-state index in [1.165, 1.54) is 6.20 Å². The highest BCUT2D eigenvalue weighted by Crippen LogP contribution is 2.29. The van der Waals surface area contributed by atoms with Crippen molar-refractivity contribution in [3.8, 4) is 11.9 Å². The van der Waals surface area contributed by atoms with E-state index in [1.807, 2.05) is 19.0 Å². The van der Waals surface area contributed by atoms with Crippen molar-refractivity contribution in [1.29, 1.82) is 5.26 Å². The predicted molar refractivity (Wildman–Crippen MR) is 139 cm³/mol. The Morgan fingerprint density at radius 3 is 2.79 bits per heavy atom. The monoisotopic (exact) mass is 523 g/mol. The van der Waals surface area contributed by atoms with Gasteiger partial charge in [-0.2, -0.15) is 5.26 Å². The molecule has 12 nitrogen and oxygen atoms in total. The van der Waals surface area contributed by atoms with Gasteiger partial charge >= 0.3 is 5.97 Å². The summed E-state index contributed by atoms with van der Waals surface area (Å²) >= 11 is 0. The van der Waals surface area contributed by atoms with Crippen LogP contribution in [0.15, 0.2) is 30.7 Å². The molecule has 0 aliphatic carbocycles. The van der Waals surface area contributed by atoms with Crippen LogP contribution in [0.5, 0.6) is 0 Å². The summed E-state index contributed by atoms with van der Waals surface area (Å²) in [5.41, 5.74) is 2.06. The van der Waals surface area contributed by atoms with Crippen LogP contribution in [0.25, 0.3) is 17.0 Å². The molecule has 1 aliphatic rings. The van der Waals surface area contributed by atoms with Crippen LogP contribution < -0.4 is 5.32 Å². The van der Waals surface area contributed by atoms with Gasteiger partial charge in [0.15, 0.2) is 11.8 Å². The molecule has 2 atom stereocenters. The fourth-order valence-electron chi connectivity index (χ4n) is 4.18. The van der Waals surface area contributed by atoms with E-state index < -0.39 is 18.2 Å². The molecule has 1 aliphatic heterocycles. The van der Waals surface area contributed by atoms with Crippen LogP contribution >= 0.6 is 0 Å². The smallest absolute Gasteiger partial charge is 0.336 e. The second-order valence-electron chi connectivity index (χ2n) is 9.28. The lowest BCUT2D eigenvalue weighted by Gasteiger charge is -2.26. The van der Waals surface area contributed by atoms with Gasteiger partial charge in [0.1, 0.15) is 35.7 Å². The van der Waals surface area contributed by atoms with Crippen molar-refractivity contribution in [2.24, 2.45) is 0 Å². The minimum atomic E-state index is -1.08. The highest BCUT2D eigenvalue weighted by Gasteiger charge is 2.26. The molecule has 0 aromatic carbocycles. The van der Waals surface area contributed by atoms with E-state index in [2.05, 4.69) is 21.4 Å². The van der Waals surface area contributed by atoms with E-state index in [0.717, 1.165) is 12.8 Å². The molecule has 0 radical (unpaired) electrons. The molecule has 38 heavy (non-hydrogen) atoms. The number of aliphatic hydroxyl groups excluding tert-OH is 1. The van der Waals surface area contributed by atoms with Gasteiger partial charge in [-0.25, -0.2) is 19.7 Å². The zero-order valence-electron chi connectivity index (χ0n) is 21.8. The average molecular weight is 524 g/mol. The fraction of sp³-hybridized carbons (Fsp3) is 0.500. The number of likely N-dealkylation sites (N-methyl/N-ethyl adjacent to an activating group) is 1. The van der Waals surface area contributed by atoms with Crippen molar-refractivity contribution in [3.63, 3.8) is 0 Å². The number of esters is 1. The lowest BCUT2D eigenvalue weighted by molar-refractivity contribution is -0.159. The Hall–Kier alpha value is -3.63. The number of nitrogens with zero attached hydrogens (tertiary/aromatic N) is 6. The van der Waals surface area contributed by atoms with E-state index in [4.69, 9.17) is 24.5 Å². The summed E-state index contributed by atoms with van der Waals surface area (Å²) in [6.45, 7) is 3.44. The molecule has 1 fully saturated rings. The van der Waals surface area contributed by atoms with Gasteiger partial charge < -0.3 is 29.5 Å². The first-order valence-corrected chi connectivity index (χ1v) is 12.6. The first-order chi connectivity index (χ1) is 18.4. The van der Waals surface area contributed by atoms with Gasteiger partial charge in [0.05, 0.1) is 18.8 Å². The normalized spacial score (nSPS) is 15.8. The average Bonchev–Trinajstić information content (AvgIpc) is 3.33. The standard InChI is InChI=1S/C26H33N7O5/c1-4-37-26(35)22(14-32(2)3)38-15-21(34)19-11-20-25(31-24(19)30-18-7-9-36-10-8-18)33(16-29-20)23-6-5-17(12-27)13-28-23/h5-6,11,13,16,18,21-22,34H,4,7-10,14-15H2,1-3H3,(H,30,31). The fourth-order valence-corrected chi connectivity index (χ4v) is 4.18. The molecule has 12 heteroatoms. The van der Waals surface area contributed by atoms with E-state index in [0.29, 0.717) is 53.7 Å². The summed E-state index contributed by atoms with van der Waals surface area (Å²) in [4.78, 5) is 27.9. The first kappa shape index (κ1) is 27.4. The van der Waals surface area contributed by atoms with Crippen LogP contribution in [0, 0.1) is 11.3 Å². The Morgan fingerprint density at radius 2 is 2.13 bits per heavy atom. The molecule has 0 bridgehead atoms. The topological polar surface area (TPSA) is 148 Å². The number of pyridine rings is 2. The van der Waals surface area contributed by atoms with Crippen LogP contribution in [-0.4, -0.2) is 94.7 Å². The number of aromatic nitrogens is 4. The number of aliphatic hydroxyl groups is 1. The molecule has 4 heterocycles. The van der Waals surface area contributed by atoms with Crippen molar-refractivity contribution in [2.45, 2.75) is 38.0 Å². The van der Waals surface area contributed by atoms with Crippen molar-refractivity contribution in [2.75, 3.05) is 52.4 Å². The van der Waals surface area contributed by atoms with Gasteiger partial charge in [0.25, 0.3) is 0 Å². The van der Waals surface area contributed by atoms with E-state index in [9.17, 15) is 9.90 Å². The van der Waals surface area contributed by atoms with Crippen molar-refractivity contribution in [1.82, 2.24) is 24.4 Å². The van der Waals surface area contributed by atoms with Gasteiger partial charge in [0.2, 0.25) is 0 Å². The third-order valence-electron chi connectivity index (χ3n) is 6.13. The number of imidazole rings is 1. The minimum Gasteiger partial charge on any atom is -0.464 e. The number of carbonyl (C=O) groups is 1. The van der Waals surface area contributed by atoms with E-state index >= 15 is 0 Å². The summed E-state index contributed by atoms with van der Waals surface area (Å²) in [7, 11) is 3.66. The minimum absolute atomic E-state index is 0.117. The highest BCUT2D eigenvalue weighted by atomic mass is 16.6. The highest BCUT2D eigenvalue weighted by molar-refractivity contribution is 5.77. The van der Waals surface area contributed by atoms with Crippen LogP contribution in [0.3, 0.4) is 0 Å². The molecule has 4 rings (SSSR count). The van der Waals surface area contributed by atoms with Gasteiger partial charge in [-0.3, -0.25) is 4.57 Å². The zero-order valence-corrected chi connectivity index (χ0v) is 21.8. The third kappa shape index (κ3) is 6.62. The number of hydrogen-bond acceptors (Lipinski definition) is 11. The largest absolute Gasteiger partial charge is 0.464 e. The lowest BCUT2D eigenvalue weighted by atomic mass is 10.1. The van der Waals surface area contributed by atoms with Gasteiger partial charge in [-0.15, -0.1) is 0 Å². The number of nitriles is 1. The summed E-state index contributed by atoms with van der Waals surface area (Å²) in [6.07, 6.45) is 2.78.